The minimum absolute atomic E-state index is 0.884. The molecule has 0 aromatic rings. The lowest BCUT2D eigenvalue weighted by Crippen LogP contribution is -1.68. The first-order valence-electron chi connectivity index (χ1n) is 1.87. The summed E-state index contributed by atoms with van der Waals surface area (Å²) in [7, 11) is 0. The van der Waals surface area contributed by atoms with E-state index in [1.165, 1.54) is 0 Å². The summed E-state index contributed by atoms with van der Waals surface area (Å²) >= 11 is 0. The Labute approximate surface area is 38.2 Å². The molecule has 6 heavy (non-hydrogen) atoms. The lowest BCUT2D eigenvalue weighted by molar-refractivity contribution is 1.48. The molecule has 0 bridgehead atoms. The van der Waals surface area contributed by atoms with Gasteiger partial charge < -0.3 is 0 Å². The van der Waals surface area contributed by atoms with Crippen molar-refractivity contribution in [1.82, 2.24) is 0 Å². The summed E-state index contributed by atoms with van der Waals surface area (Å²) < 4.78 is 0. The molecule has 1 heteroatoms. The fraction of sp³-hybridized carbons (Fsp3) is 0.400. The average Bonchev–Trinajstić information content (AvgIpc) is 1.65. The van der Waals surface area contributed by atoms with E-state index in [1.807, 2.05) is 19.9 Å². The lowest BCUT2D eigenvalue weighted by Gasteiger charge is -1.75. The smallest absolute Gasteiger partial charge is 0.0817 e. The maximum Gasteiger partial charge on any atom is 0.0817 e. The highest BCUT2D eigenvalue weighted by molar-refractivity contribution is 5.74. The van der Waals surface area contributed by atoms with E-state index in [0.29, 0.717) is 0 Å². The summed E-state index contributed by atoms with van der Waals surface area (Å²) in [6.45, 7) is 3.73. The highest BCUT2D eigenvalue weighted by atomic mass is 14.3. The minimum atomic E-state index is 0.884. The van der Waals surface area contributed by atoms with Crippen molar-refractivity contribution in [2.24, 2.45) is 0 Å². The summed E-state index contributed by atoms with van der Waals surface area (Å²) in [5, 5.41) is 6.49. The lowest BCUT2D eigenvalue weighted by atomic mass is 10.3. The zero-order valence-corrected chi connectivity index (χ0v) is 4.08. The van der Waals surface area contributed by atoms with E-state index in [4.69, 9.17) is 5.41 Å². The molecule has 0 aliphatic heterocycles. The van der Waals surface area contributed by atoms with Gasteiger partial charge in [-0.2, -0.15) is 0 Å². The largest absolute Gasteiger partial charge is 0.298 e. The molecule has 0 amide bonds. The van der Waals surface area contributed by atoms with E-state index in [-0.39, 0.29) is 0 Å². The minimum Gasteiger partial charge on any atom is -0.298 e. The van der Waals surface area contributed by atoms with E-state index < -0.39 is 0 Å². The summed E-state index contributed by atoms with van der Waals surface area (Å²) in [6, 6.07) is 0. The number of rotatable bonds is 1. The highest BCUT2D eigenvalue weighted by Crippen LogP contribution is 1.80. The first kappa shape index (κ1) is 5.41. The van der Waals surface area contributed by atoms with Crippen molar-refractivity contribution in [3.8, 4) is 0 Å². The molecule has 0 aromatic carbocycles. The molecule has 33 valence electrons. The van der Waals surface area contributed by atoms with E-state index >= 15 is 0 Å². The molecule has 0 spiro atoms. The number of hydrogen-bond acceptors (Lipinski definition) is 1. The Morgan fingerprint density at radius 1 is 1.83 bits per heavy atom. The van der Waals surface area contributed by atoms with Gasteiger partial charge in [0.05, 0.1) is 6.21 Å². The third-order valence-corrected chi connectivity index (χ3v) is 0.630. The van der Waals surface area contributed by atoms with E-state index in [9.17, 15) is 0 Å². The second kappa shape index (κ2) is 2.64. The molecule has 0 fully saturated rings. The summed E-state index contributed by atoms with van der Waals surface area (Å²) in [6.07, 6.45) is 4.07. The number of allylic oxidation sites excluding steroid dienone is 2. The van der Waals surface area contributed by atoms with Crippen LogP contribution in [0.15, 0.2) is 11.6 Å². The molecule has 0 atom stereocenters. The van der Waals surface area contributed by atoms with Crippen LogP contribution >= 0.6 is 0 Å². The fourth-order valence-electron chi connectivity index (χ4n) is 0.0722. The molecule has 0 rings (SSSR count). The molecule has 0 heterocycles. The molecule has 0 saturated carbocycles. The molecular weight excluding hydrogens is 74.1 g/mol. The Bertz CT molecular complexity index is 72.0. The average molecular weight is 82.1 g/mol. The van der Waals surface area contributed by atoms with Crippen LogP contribution in [0.5, 0.6) is 0 Å². The summed E-state index contributed by atoms with van der Waals surface area (Å²) in [4.78, 5) is 0. The molecule has 0 aliphatic carbocycles. The van der Waals surface area contributed by atoms with Crippen LogP contribution in [0.25, 0.3) is 0 Å². The Hall–Kier alpha value is -0.590. The molecular formula is C5H8N. The van der Waals surface area contributed by atoms with Crippen LogP contribution in [0.1, 0.15) is 13.8 Å². The van der Waals surface area contributed by atoms with Crippen LogP contribution in [0.4, 0.5) is 0 Å². The van der Waals surface area contributed by atoms with E-state index in [0.717, 1.165) is 5.57 Å². The monoisotopic (exact) mass is 82.1 g/mol. The van der Waals surface area contributed by atoms with Gasteiger partial charge in [0, 0.05) is 0 Å². The second-order valence-electron chi connectivity index (χ2n) is 1.10. The predicted octanol–water partition coefficient (Wildman–Crippen LogP) is 1.48. The van der Waals surface area contributed by atoms with Gasteiger partial charge in [0.25, 0.3) is 0 Å². The van der Waals surface area contributed by atoms with Crippen molar-refractivity contribution in [3.05, 3.63) is 11.6 Å². The van der Waals surface area contributed by atoms with Gasteiger partial charge in [-0.1, -0.05) is 6.08 Å². The fourth-order valence-corrected chi connectivity index (χ4v) is 0.0722. The molecule has 1 nitrogen and oxygen atoms in total. The third-order valence-electron chi connectivity index (χ3n) is 0.630. The maximum absolute atomic E-state index is 6.49. The van der Waals surface area contributed by atoms with Crippen LogP contribution in [0.3, 0.4) is 0 Å². The highest BCUT2D eigenvalue weighted by Gasteiger charge is 1.70. The molecule has 0 saturated heterocycles. The van der Waals surface area contributed by atoms with Gasteiger partial charge in [-0.05, 0) is 19.4 Å². The standard InChI is InChI=1S/C5H8N/c1-3-5(2)4-6/h3,6H,1-2H3. The Kier molecular flexibility index (Phi) is 2.38. The third kappa shape index (κ3) is 1.70. The van der Waals surface area contributed by atoms with E-state index in [1.54, 1.807) is 0 Å². The van der Waals surface area contributed by atoms with Crippen molar-refractivity contribution in [1.29, 1.82) is 5.41 Å². The molecule has 1 N–H and O–H groups in total. The summed E-state index contributed by atoms with van der Waals surface area (Å²) in [5.41, 5.74) is 0.884. The molecule has 0 aliphatic rings. The first-order chi connectivity index (χ1) is 2.81. The van der Waals surface area contributed by atoms with Crippen LogP contribution in [0, 0.1) is 5.41 Å². The van der Waals surface area contributed by atoms with Crippen LogP contribution in [-0.4, -0.2) is 6.21 Å². The van der Waals surface area contributed by atoms with Gasteiger partial charge in [0.15, 0.2) is 0 Å². The van der Waals surface area contributed by atoms with Gasteiger partial charge in [-0.25, -0.2) is 0 Å². The second-order valence-corrected chi connectivity index (χ2v) is 1.10. The summed E-state index contributed by atoms with van der Waals surface area (Å²) in [5.74, 6) is 0. The number of nitrogens with one attached hydrogen (secondary N) is 1. The van der Waals surface area contributed by atoms with Gasteiger partial charge in [-0.15, -0.1) is 0 Å². The van der Waals surface area contributed by atoms with Gasteiger partial charge >= 0.3 is 0 Å². The zero-order chi connectivity index (χ0) is 4.99. The quantitative estimate of drug-likeness (QED) is 0.463. The van der Waals surface area contributed by atoms with E-state index in [2.05, 4.69) is 6.21 Å². The van der Waals surface area contributed by atoms with Crippen LogP contribution < -0.4 is 0 Å². The van der Waals surface area contributed by atoms with Crippen molar-refractivity contribution < 1.29 is 0 Å². The molecule has 0 aromatic heterocycles. The van der Waals surface area contributed by atoms with Crippen LogP contribution in [-0.2, 0) is 0 Å². The first-order valence-corrected chi connectivity index (χ1v) is 1.87. The van der Waals surface area contributed by atoms with Crippen molar-refractivity contribution in [2.75, 3.05) is 0 Å². The van der Waals surface area contributed by atoms with Gasteiger partial charge in [0.1, 0.15) is 0 Å². The Balaban J connectivity index is 3.50. The normalized spacial score (nSPS) is 11.3. The number of hydrogen-bond donors (Lipinski definition) is 1. The Morgan fingerprint density at radius 3 is 2.33 bits per heavy atom. The Morgan fingerprint density at radius 2 is 2.33 bits per heavy atom. The predicted molar refractivity (Wildman–Crippen MR) is 27.2 cm³/mol. The maximum atomic E-state index is 6.49. The topological polar surface area (TPSA) is 23.9 Å². The molecule has 0 unspecified atom stereocenters. The van der Waals surface area contributed by atoms with Crippen molar-refractivity contribution in [3.63, 3.8) is 0 Å². The molecule has 1 radical (unpaired) electrons. The van der Waals surface area contributed by atoms with Gasteiger partial charge in [-0.3, -0.25) is 5.41 Å². The van der Waals surface area contributed by atoms with Crippen LogP contribution in [0.2, 0.25) is 0 Å². The van der Waals surface area contributed by atoms with Crippen molar-refractivity contribution in [2.45, 2.75) is 13.8 Å². The van der Waals surface area contributed by atoms with Crippen molar-refractivity contribution >= 4 is 6.21 Å². The van der Waals surface area contributed by atoms with Gasteiger partial charge in [0.2, 0.25) is 0 Å². The zero-order valence-electron chi connectivity index (χ0n) is 4.08. The SMILES string of the molecule is CC=C(C)[C]=N.